The number of ether oxygens (including phenoxy) is 5. The summed E-state index contributed by atoms with van der Waals surface area (Å²) in [6.07, 6.45) is 11.2. The summed E-state index contributed by atoms with van der Waals surface area (Å²) in [5, 5.41) is 0. The number of rotatable bonds is 9. The topological polar surface area (TPSA) is 63.2 Å². The SMILES string of the molecule is COc1cc(OC)c2c(c1)C(CCCCCC[C@@H]1CC[C@@]3(CC[C@H](C)O3)O1)OC2=O. The van der Waals surface area contributed by atoms with Gasteiger partial charge < -0.3 is 23.7 Å². The third-order valence-corrected chi connectivity index (χ3v) is 6.68. The average molecular weight is 419 g/mol. The monoisotopic (exact) mass is 418 g/mol. The number of hydrogen-bond acceptors (Lipinski definition) is 6. The maximum Gasteiger partial charge on any atom is 0.342 e. The van der Waals surface area contributed by atoms with Gasteiger partial charge in [-0.15, -0.1) is 0 Å². The van der Waals surface area contributed by atoms with Gasteiger partial charge in [-0.25, -0.2) is 4.79 Å². The standard InChI is InChI=1S/C24H34O6/c1-16-10-12-24(29-16)13-11-17(30-24)8-6-4-5-7-9-20-19-14-18(26-2)15-21(27-3)22(19)23(25)28-20/h14-17,20H,4-13H2,1-3H3/t16-,17+,20?,24+/m0/s1. The molecule has 2 saturated heterocycles. The Morgan fingerprint density at radius 3 is 2.47 bits per heavy atom. The van der Waals surface area contributed by atoms with E-state index in [0.29, 0.717) is 29.3 Å². The molecule has 0 bridgehead atoms. The molecular formula is C24H34O6. The molecule has 0 amide bonds. The average Bonchev–Trinajstić information content (AvgIpc) is 3.41. The lowest BCUT2D eigenvalue weighted by Crippen LogP contribution is -2.28. The second-order valence-corrected chi connectivity index (χ2v) is 8.84. The summed E-state index contributed by atoms with van der Waals surface area (Å²) in [6.45, 7) is 2.14. The van der Waals surface area contributed by atoms with Crippen LogP contribution in [0.25, 0.3) is 0 Å². The largest absolute Gasteiger partial charge is 0.497 e. The third-order valence-electron chi connectivity index (χ3n) is 6.68. The minimum Gasteiger partial charge on any atom is -0.497 e. The van der Waals surface area contributed by atoms with Crippen LogP contribution in [0.3, 0.4) is 0 Å². The Morgan fingerprint density at radius 2 is 1.77 bits per heavy atom. The third kappa shape index (κ3) is 4.45. The van der Waals surface area contributed by atoms with Gasteiger partial charge in [0.25, 0.3) is 0 Å². The summed E-state index contributed by atoms with van der Waals surface area (Å²) < 4.78 is 28.6. The number of cyclic esters (lactones) is 1. The molecule has 0 aliphatic carbocycles. The molecule has 4 rings (SSSR count). The van der Waals surface area contributed by atoms with Crippen LogP contribution in [0.1, 0.15) is 93.2 Å². The zero-order valence-electron chi connectivity index (χ0n) is 18.4. The first-order valence-corrected chi connectivity index (χ1v) is 11.4. The maximum absolute atomic E-state index is 12.3. The van der Waals surface area contributed by atoms with Gasteiger partial charge in [0.2, 0.25) is 0 Å². The first-order chi connectivity index (χ1) is 14.5. The molecule has 30 heavy (non-hydrogen) atoms. The van der Waals surface area contributed by atoms with Gasteiger partial charge in [0, 0.05) is 24.5 Å². The van der Waals surface area contributed by atoms with E-state index in [1.54, 1.807) is 20.3 Å². The molecule has 0 N–H and O–H groups in total. The van der Waals surface area contributed by atoms with Crippen molar-refractivity contribution in [3.8, 4) is 11.5 Å². The van der Waals surface area contributed by atoms with Crippen molar-refractivity contribution in [3.63, 3.8) is 0 Å². The molecule has 1 aromatic rings. The predicted molar refractivity (Wildman–Crippen MR) is 112 cm³/mol. The molecule has 166 valence electrons. The van der Waals surface area contributed by atoms with E-state index >= 15 is 0 Å². The van der Waals surface area contributed by atoms with Crippen molar-refractivity contribution in [2.75, 3.05) is 14.2 Å². The van der Waals surface area contributed by atoms with E-state index in [1.807, 2.05) is 6.07 Å². The second kappa shape index (κ2) is 9.15. The number of unbranched alkanes of at least 4 members (excludes halogenated alkanes) is 3. The quantitative estimate of drug-likeness (QED) is 0.399. The minimum atomic E-state index is -0.301. The van der Waals surface area contributed by atoms with E-state index in [9.17, 15) is 4.79 Å². The first-order valence-electron chi connectivity index (χ1n) is 11.4. The van der Waals surface area contributed by atoms with Crippen molar-refractivity contribution >= 4 is 5.97 Å². The van der Waals surface area contributed by atoms with Crippen LogP contribution in [-0.2, 0) is 14.2 Å². The van der Waals surface area contributed by atoms with E-state index in [1.165, 1.54) is 12.8 Å². The molecule has 3 heterocycles. The molecule has 6 heteroatoms. The summed E-state index contributed by atoms with van der Waals surface area (Å²) in [7, 11) is 3.17. The molecule has 3 aliphatic rings. The normalized spacial score (nSPS) is 30.0. The highest BCUT2D eigenvalue weighted by molar-refractivity contribution is 5.97. The van der Waals surface area contributed by atoms with Crippen LogP contribution in [0.15, 0.2) is 12.1 Å². The van der Waals surface area contributed by atoms with E-state index in [4.69, 9.17) is 23.7 Å². The van der Waals surface area contributed by atoms with Gasteiger partial charge in [0.15, 0.2) is 5.79 Å². The van der Waals surface area contributed by atoms with Crippen LogP contribution in [0.5, 0.6) is 11.5 Å². The van der Waals surface area contributed by atoms with Crippen molar-refractivity contribution in [1.29, 1.82) is 0 Å². The van der Waals surface area contributed by atoms with E-state index in [2.05, 4.69) is 6.92 Å². The fourth-order valence-corrected chi connectivity index (χ4v) is 5.07. The Bertz CT molecular complexity index is 762. The zero-order valence-corrected chi connectivity index (χ0v) is 18.4. The van der Waals surface area contributed by atoms with Crippen molar-refractivity contribution in [3.05, 3.63) is 23.3 Å². The second-order valence-electron chi connectivity index (χ2n) is 8.84. The number of esters is 1. The fourth-order valence-electron chi connectivity index (χ4n) is 5.07. The van der Waals surface area contributed by atoms with Gasteiger partial charge >= 0.3 is 5.97 Å². The van der Waals surface area contributed by atoms with E-state index in [-0.39, 0.29) is 17.9 Å². The zero-order chi connectivity index (χ0) is 21.1. The molecule has 1 aromatic carbocycles. The van der Waals surface area contributed by atoms with Crippen molar-refractivity contribution < 1.29 is 28.5 Å². The van der Waals surface area contributed by atoms with E-state index < -0.39 is 0 Å². The van der Waals surface area contributed by atoms with Crippen molar-refractivity contribution in [2.45, 2.75) is 95.2 Å². The lowest BCUT2D eigenvalue weighted by Gasteiger charge is -2.24. The fraction of sp³-hybridized carbons (Fsp3) is 0.708. The number of carbonyl (C=O) groups excluding carboxylic acids is 1. The minimum absolute atomic E-state index is 0.212. The lowest BCUT2D eigenvalue weighted by atomic mass is 9.98. The summed E-state index contributed by atoms with van der Waals surface area (Å²) in [5.41, 5.74) is 1.42. The van der Waals surface area contributed by atoms with Crippen LogP contribution in [0, 0.1) is 0 Å². The Hall–Kier alpha value is -1.79. The van der Waals surface area contributed by atoms with Crippen molar-refractivity contribution in [1.82, 2.24) is 0 Å². The summed E-state index contributed by atoms with van der Waals surface area (Å²) in [4.78, 5) is 12.3. The number of carbonyl (C=O) groups is 1. The van der Waals surface area contributed by atoms with Gasteiger partial charge in [-0.05, 0) is 45.1 Å². The molecule has 1 spiro atoms. The highest BCUT2D eigenvalue weighted by Crippen LogP contribution is 2.43. The van der Waals surface area contributed by atoms with Gasteiger partial charge in [0.05, 0.1) is 26.4 Å². The summed E-state index contributed by atoms with van der Waals surface area (Å²) in [6, 6.07) is 3.63. The molecule has 0 aromatic heterocycles. The van der Waals surface area contributed by atoms with Crippen LogP contribution in [-0.4, -0.2) is 38.2 Å². The highest BCUT2D eigenvalue weighted by Gasteiger charge is 2.45. The van der Waals surface area contributed by atoms with Crippen LogP contribution in [0.2, 0.25) is 0 Å². The maximum atomic E-state index is 12.3. The molecule has 3 aliphatic heterocycles. The van der Waals surface area contributed by atoms with Crippen molar-refractivity contribution in [2.24, 2.45) is 0 Å². The van der Waals surface area contributed by atoms with Crippen LogP contribution in [0.4, 0.5) is 0 Å². The van der Waals surface area contributed by atoms with Crippen LogP contribution < -0.4 is 9.47 Å². The Kier molecular flexibility index (Phi) is 6.54. The number of fused-ring (bicyclic) bond motifs is 1. The highest BCUT2D eigenvalue weighted by atomic mass is 16.7. The molecule has 2 fully saturated rings. The molecule has 1 unspecified atom stereocenters. The van der Waals surface area contributed by atoms with E-state index in [0.717, 1.165) is 56.9 Å². The number of hydrogen-bond donors (Lipinski definition) is 0. The summed E-state index contributed by atoms with van der Waals surface area (Å²) in [5.74, 6) is 0.632. The predicted octanol–water partition coefficient (Wildman–Crippen LogP) is 5.33. The van der Waals surface area contributed by atoms with Gasteiger partial charge in [-0.3, -0.25) is 0 Å². The van der Waals surface area contributed by atoms with Gasteiger partial charge in [-0.2, -0.15) is 0 Å². The van der Waals surface area contributed by atoms with Gasteiger partial charge in [-0.1, -0.05) is 19.3 Å². The molecule has 0 radical (unpaired) electrons. The molecular weight excluding hydrogens is 384 g/mol. The Labute approximate surface area is 179 Å². The first kappa shape index (κ1) is 21.4. The Balaban J connectivity index is 1.19. The van der Waals surface area contributed by atoms with Crippen LogP contribution >= 0.6 is 0 Å². The summed E-state index contributed by atoms with van der Waals surface area (Å²) >= 11 is 0. The molecule has 0 saturated carbocycles. The Morgan fingerprint density at radius 1 is 1.00 bits per heavy atom. The lowest BCUT2D eigenvalue weighted by molar-refractivity contribution is -0.214. The smallest absolute Gasteiger partial charge is 0.342 e. The van der Waals surface area contributed by atoms with Gasteiger partial charge in [0.1, 0.15) is 23.2 Å². The molecule has 6 nitrogen and oxygen atoms in total. The molecule has 4 atom stereocenters. The number of methoxy groups -OCH3 is 2. The number of benzene rings is 1.